The van der Waals surface area contributed by atoms with E-state index < -0.39 is 16.1 Å². The number of ether oxygens (including phenoxy) is 1. The molecule has 0 unspecified atom stereocenters. The van der Waals surface area contributed by atoms with Crippen LogP contribution in [0.15, 0.2) is 53.4 Å². The van der Waals surface area contributed by atoms with Crippen LogP contribution in [-0.4, -0.2) is 37.9 Å². The lowest BCUT2D eigenvalue weighted by Crippen LogP contribution is -2.60. The number of nitrogens with zero attached hydrogens (tertiary/aromatic N) is 1. The highest BCUT2D eigenvalue weighted by molar-refractivity contribution is 7.89. The van der Waals surface area contributed by atoms with Gasteiger partial charge >= 0.3 is 6.09 Å². The fourth-order valence-electron chi connectivity index (χ4n) is 2.68. The molecule has 1 fully saturated rings. The summed E-state index contributed by atoms with van der Waals surface area (Å²) in [5, 5.41) is 2.69. The number of carbonyl (C=O) groups is 1. The molecule has 1 amide bonds. The minimum atomic E-state index is -3.52. The number of rotatable bonds is 5. The molecule has 138 valence electrons. The van der Waals surface area contributed by atoms with Crippen LogP contribution in [0.2, 0.25) is 0 Å². The number of amides is 1. The zero-order valence-electron chi connectivity index (χ0n) is 14.8. The fraction of sp³-hybridized carbons (Fsp3) is 0.316. The molecule has 0 aliphatic carbocycles. The second kappa shape index (κ2) is 7.47. The largest absolute Gasteiger partial charge is 0.445 e. The van der Waals surface area contributed by atoms with Crippen molar-refractivity contribution in [2.75, 3.05) is 13.1 Å². The number of alkyl carbamates (subject to hydrolysis) is 1. The third-order valence-electron chi connectivity index (χ3n) is 4.50. The van der Waals surface area contributed by atoms with Crippen LogP contribution in [0.4, 0.5) is 4.79 Å². The molecule has 2 aromatic carbocycles. The summed E-state index contributed by atoms with van der Waals surface area (Å²) in [6.07, 6.45) is -0.540. The number of benzene rings is 2. The van der Waals surface area contributed by atoms with Crippen LogP contribution in [0.1, 0.15) is 16.7 Å². The van der Waals surface area contributed by atoms with Gasteiger partial charge in [0.2, 0.25) is 10.0 Å². The standard InChI is InChI=1S/C19H22N2O4S/c1-14-8-9-18(10-15(14)2)26(23,24)21-11-17(12-21)20-19(22)25-13-16-6-4-3-5-7-16/h3-10,17H,11-13H2,1-2H3,(H,20,22). The lowest BCUT2D eigenvalue weighted by molar-refractivity contribution is 0.123. The van der Waals surface area contributed by atoms with Gasteiger partial charge in [0, 0.05) is 13.1 Å². The van der Waals surface area contributed by atoms with Gasteiger partial charge in [0.25, 0.3) is 0 Å². The number of sulfonamides is 1. The summed E-state index contributed by atoms with van der Waals surface area (Å²) >= 11 is 0. The van der Waals surface area contributed by atoms with Crippen molar-refractivity contribution < 1.29 is 17.9 Å². The quantitative estimate of drug-likeness (QED) is 0.873. The molecule has 1 aliphatic rings. The maximum atomic E-state index is 12.6. The summed E-state index contributed by atoms with van der Waals surface area (Å²) in [7, 11) is -3.52. The summed E-state index contributed by atoms with van der Waals surface area (Å²) in [5.41, 5.74) is 2.88. The predicted molar refractivity (Wildman–Crippen MR) is 98.2 cm³/mol. The van der Waals surface area contributed by atoms with Gasteiger partial charge in [0.1, 0.15) is 6.61 Å². The lowest BCUT2D eigenvalue weighted by atomic mass is 10.1. The van der Waals surface area contributed by atoms with Gasteiger partial charge in [-0.3, -0.25) is 0 Å². The van der Waals surface area contributed by atoms with E-state index in [-0.39, 0.29) is 30.6 Å². The normalized spacial score (nSPS) is 15.3. The Morgan fingerprint density at radius 3 is 2.46 bits per heavy atom. The molecule has 2 aromatic rings. The smallest absolute Gasteiger partial charge is 0.407 e. The molecular weight excluding hydrogens is 352 g/mol. The SMILES string of the molecule is Cc1ccc(S(=O)(=O)N2CC(NC(=O)OCc3ccccc3)C2)cc1C. The molecule has 0 saturated carbocycles. The third kappa shape index (κ3) is 4.05. The van der Waals surface area contributed by atoms with Gasteiger partial charge in [-0.05, 0) is 42.7 Å². The minimum Gasteiger partial charge on any atom is -0.445 e. The van der Waals surface area contributed by atoms with E-state index in [0.717, 1.165) is 16.7 Å². The van der Waals surface area contributed by atoms with Crippen molar-refractivity contribution in [2.45, 2.75) is 31.4 Å². The average Bonchev–Trinajstić information content (AvgIpc) is 2.59. The highest BCUT2D eigenvalue weighted by atomic mass is 32.2. The van der Waals surface area contributed by atoms with E-state index in [1.165, 1.54) is 4.31 Å². The maximum absolute atomic E-state index is 12.6. The first-order valence-electron chi connectivity index (χ1n) is 8.41. The molecule has 1 N–H and O–H groups in total. The monoisotopic (exact) mass is 374 g/mol. The first-order valence-corrected chi connectivity index (χ1v) is 9.85. The Morgan fingerprint density at radius 1 is 1.12 bits per heavy atom. The third-order valence-corrected chi connectivity index (χ3v) is 6.33. The molecular formula is C19H22N2O4S. The second-order valence-corrected chi connectivity index (χ2v) is 8.41. The van der Waals surface area contributed by atoms with Crippen LogP contribution >= 0.6 is 0 Å². The Hall–Kier alpha value is -2.38. The topological polar surface area (TPSA) is 75.7 Å². The van der Waals surface area contributed by atoms with Crippen LogP contribution < -0.4 is 5.32 Å². The Bertz CT molecular complexity index is 891. The minimum absolute atomic E-state index is 0.185. The second-order valence-electron chi connectivity index (χ2n) is 6.47. The molecule has 1 heterocycles. The molecule has 1 aliphatic heterocycles. The van der Waals surface area contributed by atoms with E-state index in [1.54, 1.807) is 18.2 Å². The molecule has 0 spiro atoms. The summed E-state index contributed by atoms with van der Waals surface area (Å²) in [4.78, 5) is 12.1. The van der Waals surface area contributed by atoms with E-state index in [4.69, 9.17) is 4.74 Å². The van der Waals surface area contributed by atoms with Gasteiger partial charge < -0.3 is 10.1 Å². The van der Waals surface area contributed by atoms with Crippen molar-refractivity contribution in [1.82, 2.24) is 9.62 Å². The lowest BCUT2D eigenvalue weighted by Gasteiger charge is -2.38. The maximum Gasteiger partial charge on any atom is 0.407 e. The van der Waals surface area contributed by atoms with E-state index in [2.05, 4.69) is 5.32 Å². The van der Waals surface area contributed by atoms with Crippen molar-refractivity contribution >= 4 is 16.1 Å². The Labute approximate surface area is 153 Å². The zero-order chi connectivity index (χ0) is 18.7. The van der Waals surface area contributed by atoms with Gasteiger partial charge in [-0.15, -0.1) is 0 Å². The van der Waals surface area contributed by atoms with Crippen LogP contribution in [-0.2, 0) is 21.4 Å². The first kappa shape index (κ1) is 18.4. The van der Waals surface area contributed by atoms with Gasteiger partial charge in [-0.2, -0.15) is 4.31 Å². The van der Waals surface area contributed by atoms with Crippen molar-refractivity contribution in [3.63, 3.8) is 0 Å². The zero-order valence-corrected chi connectivity index (χ0v) is 15.6. The van der Waals surface area contributed by atoms with Crippen LogP contribution in [0.5, 0.6) is 0 Å². The van der Waals surface area contributed by atoms with E-state index in [9.17, 15) is 13.2 Å². The molecule has 0 aromatic heterocycles. The Morgan fingerprint density at radius 2 is 1.81 bits per heavy atom. The summed E-state index contributed by atoms with van der Waals surface area (Å²) in [6, 6.07) is 14.2. The molecule has 1 saturated heterocycles. The molecule has 0 atom stereocenters. The first-order chi connectivity index (χ1) is 12.4. The number of nitrogens with one attached hydrogen (secondary N) is 1. The van der Waals surface area contributed by atoms with Crippen LogP contribution in [0.25, 0.3) is 0 Å². The number of aryl methyl sites for hydroxylation is 2. The van der Waals surface area contributed by atoms with Gasteiger partial charge in [-0.1, -0.05) is 36.4 Å². The van der Waals surface area contributed by atoms with Gasteiger partial charge in [0.05, 0.1) is 10.9 Å². The van der Waals surface area contributed by atoms with Crippen LogP contribution in [0.3, 0.4) is 0 Å². The van der Waals surface area contributed by atoms with Crippen molar-refractivity contribution in [1.29, 1.82) is 0 Å². The molecule has 26 heavy (non-hydrogen) atoms. The van der Waals surface area contributed by atoms with Crippen molar-refractivity contribution in [3.05, 3.63) is 65.2 Å². The van der Waals surface area contributed by atoms with Crippen LogP contribution in [0, 0.1) is 13.8 Å². The Kier molecular flexibility index (Phi) is 5.29. The fourth-order valence-corrected chi connectivity index (χ4v) is 4.30. The summed E-state index contributed by atoms with van der Waals surface area (Å²) < 4.78 is 31.7. The number of carbonyl (C=O) groups excluding carboxylic acids is 1. The van der Waals surface area contributed by atoms with E-state index in [0.29, 0.717) is 0 Å². The number of hydrogen-bond donors (Lipinski definition) is 1. The predicted octanol–water partition coefficient (Wildman–Crippen LogP) is 2.60. The van der Waals surface area contributed by atoms with Gasteiger partial charge in [-0.25, -0.2) is 13.2 Å². The molecule has 6 nitrogen and oxygen atoms in total. The van der Waals surface area contributed by atoms with Crippen molar-refractivity contribution in [2.24, 2.45) is 0 Å². The molecule has 3 rings (SSSR count). The van der Waals surface area contributed by atoms with Crippen molar-refractivity contribution in [3.8, 4) is 0 Å². The Balaban J connectivity index is 1.50. The molecule has 0 bridgehead atoms. The van der Waals surface area contributed by atoms with E-state index in [1.807, 2.05) is 44.2 Å². The highest BCUT2D eigenvalue weighted by Gasteiger charge is 2.37. The number of hydrogen-bond acceptors (Lipinski definition) is 4. The summed E-state index contributed by atoms with van der Waals surface area (Å²) in [5.74, 6) is 0. The average molecular weight is 374 g/mol. The van der Waals surface area contributed by atoms with E-state index >= 15 is 0 Å². The molecule has 0 radical (unpaired) electrons. The summed E-state index contributed by atoms with van der Waals surface area (Å²) in [6.45, 7) is 4.50. The highest BCUT2D eigenvalue weighted by Crippen LogP contribution is 2.23. The van der Waals surface area contributed by atoms with Gasteiger partial charge in [0.15, 0.2) is 0 Å². The molecule has 7 heteroatoms.